The number of hydrogen-bond acceptors (Lipinski definition) is 3. The molecule has 0 atom stereocenters. The molecule has 0 saturated carbocycles. The van der Waals surface area contributed by atoms with Gasteiger partial charge in [-0.15, -0.1) is 0 Å². The monoisotopic (exact) mass is 238 g/mol. The van der Waals surface area contributed by atoms with Crippen molar-refractivity contribution in [2.75, 3.05) is 12.4 Å². The van der Waals surface area contributed by atoms with Crippen LogP contribution >= 0.6 is 0 Å². The summed E-state index contributed by atoms with van der Waals surface area (Å²) >= 11 is 0. The average Bonchev–Trinajstić information content (AvgIpc) is 2.81. The lowest BCUT2D eigenvalue weighted by molar-refractivity contribution is 1.10. The van der Waals surface area contributed by atoms with E-state index in [2.05, 4.69) is 32.4 Å². The minimum absolute atomic E-state index is 0.648. The molecule has 0 saturated heterocycles. The first kappa shape index (κ1) is 10.8. The van der Waals surface area contributed by atoms with Gasteiger partial charge in [0, 0.05) is 35.4 Å². The third kappa shape index (κ3) is 1.72. The maximum atomic E-state index is 4.50. The Bertz CT molecular complexity index is 700. The molecule has 0 bridgehead atoms. The smallest absolute Gasteiger partial charge is 0.223 e. The summed E-state index contributed by atoms with van der Waals surface area (Å²) < 4.78 is 0. The molecule has 3 rings (SSSR count). The zero-order valence-corrected chi connectivity index (χ0v) is 10.4. The van der Waals surface area contributed by atoms with Gasteiger partial charge in [0.1, 0.15) is 0 Å². The highest BCUT2D eigenvalue weighted by atomic mass is 15.1. The quantitative estimate of drug-likeness (QED) is 0.721. The number of fused-ring (bicyclic) bond motifs is 1. The molecule has 2 heterocycles. The lowest BCUT2D eigenvalue weighted by Crippen LogP contribution is -1.99. The number of nitrogens with zero attached hydrogens (tertiary/aromatic N) is 2. The van der Waals surface area contributed by atoms with Gasteiger partial charge in [-0.05, 0) is 19.1 Å². The highest BCUT2D eigenvalue weighted by Crippen LogP contribution is 2.27. The second-order valence-electron chi connectivity index (χ2n) is 4.22. The Kier molecular flexibility index (Phi) is 2.48. The van der Waals surface area contributed by atoms with E-state index < -0.39 is 0 Å². The topological polar surface area (TPSA) is 53.6 Å². The maximum absolute atomic E-state index is 4.50. The second kappa shape index (κ2) is 4.14. The van der Waals surface area contributed by atoms with E-state index in [1.165, 1.54) is 5.39 Å². The van der Waals surface area contributed by atoms with Crippen LogP contribution in [0.4, 0.5) is 5.95 Å². The number of aromatic nitrogens is 3. The van der Waals surface area contributed by atoms with Crippen LogP contribution in [0.25, 0.3) is 22.2 Å². The Morgan fingerprint density at radius 2 is 2.00 bits per heavy atom. The van der Waals surface area contributed by atoms with E-state index in [4.69, 9.17) is 0 Å². The highest BCUT2D eigenvalue weighted by molar-refractivity contribution is 5.94. The third-order valence-electron chi connectivity index (χ3n) is 2.94. The molecule has 4 heteroatoms. The van der Waals surface area contributed by atoms with Crippen LogP contribution in [0.1, 0.15) is 5.69 Å². The first-order valence-electron chi connectivity index (χ1n) is 5.88. The van der Waals surface area contributed by atoms with Gasteiger partial charge in [0.2, 0.25) is 5.95 Å². The Labute approximate surface area is 105 Å². The SMILES string of the molecule is CNc1nc(C)cc(-c2c[nH]c3ccccc23)n1. The van der Waals surface area contributed by atoms with Crippen LogP contribution in [0.2, 0.25) is 0 Å². The number of hydrogen-bond donors (Lipinski definition) is 2. The molecular weight excluding hydrogens is 224 g/mol. The van der Waals surface area contributed by atoms with Crippen molar-refractivity contribution in [1.29, 1.82) is 0 Å². The molecular formula is C14H14N4. The van der Waals surface area contributed by atoms with E-state index in [1.807, 2.05) is 38.4 Å². The molecule has 0 amide bonds. The number of para-hydroxylation sites is 1. The fraction of sp³-hybridized carbons (Fsp3) is 0.143. The molecule has 0 aliphatic rings. The molecule has 4 nitrogen and oxygen atoms in total. The maximum Gasteiger partial charge on any atom is 0.223 e. The van der Waals surface area contributed by atoms with Crippen molar-refractivity contribution in [3.63, 3.8) is 0 Å². The molecule has 2 aromatic heterocycles. The summed E-state index contributed by atoms with van der Waals surface area (Å²) in [5.41, 5.74) is 4.11. The number of nitrogens with one attached hydrogen (secondary N) is 2. The minimum atomic E-state index is 0.648. The van der Waals surface area contributed by atoms with Crippen LogP contribution in [0, 0.1) is 6.92 Å². The molecule has 3 aromatic rings. The van der Waals surface area contributed by atoms with E-state index in [0.717, 1.165) is 22.5 Å². The summed E-state index contributed by atoms with van der Waals surface area (Å²) in [5, 5.41) is 4.16. The summed E-state index contributed by atoms with van der Waals surface area (Å²) in [5.74, 6) is 0.648. The molecule has 0 fully saturated rings. The van der Waals surface area contributed by atoms with Crippen LogP contribution < -0.4 is 5.32 Å². The van der Waals surface area contributed by atoms with Gasteiger partial charge < -0.3 is 10.3 Å². The van der Waals surface area contributed by atoms with E-state index in [9.17, 15) is 0 Å². The van der Waals surface area contributed by atoms with Crippen molar-refractivity contribution in [3.8, 4) is 11.3 Å². The fourth-order valence-corrected chi connectivity index (χ4v) is 2.10. The summed E-state index contributed by atoms with van der Waals surface area (Å²) in [4.78, 5) is 12.1. The van der Waals surface area contributed by atoms with Gasteiger partial charge in [0.15, 0.2) is 0 Å². The van der Waals surface area contributed by atoms with E-state index in [1.54, 1.807) is 0 Å². The highest BCUT2D eigenvalue weighted by Gasteiger charge is 2.08. The second-order valence-corrected chi connectivity index (χ2v) is 4.22. The summed E-state index contributed by atoms with van der Waals surface area (Å²) in [7, 11) is 1.83. The normalized spacial score (nSPS) is 10.8. The van der Waals surface area contributed by atoms with Gasteiger partial charge in [0.05, 0.1) is 5.69 Å². The molecule has 2 N–H and O–H groups in total. The first-order valence-corrected chi connectivity index (χ1v) is 5.88. The predicted octanol–water partition coefficient (Wildman–Crippen LogP) is 2.98. The Hall–Kier alpha value is -2.36. The number of anilines is 1. The van der Waals surface area contributed by atoms with Gasteiger partial charge in [-0.2, -0.15) is 0 Å². The van der Waals surface area contributed by atoms with Gasteiger partial charge >= 0.3 is 0 Å². The van der Waals surface area contributed by atoms with Gasteiger partial charge in [-0.1, -0.05) is 18.2 Å². The van der Waals surface area contributed by atoms with Crippen molar-refractivity contribution < 1.29 is 0 Å². The Balaban J connectivity index is 2.22. The summed E-state index contributed by atoms with van der Waals surface area (Å²) in [6.07, 6.45) is 1.99. The Morgan fingerprint density at radius 1 is 1.17 bits per heavy atom. The molecule has 0 aliphatic carbocycles. The van der Waals surface area contributed by atoms with Crippen molar-refractivity contribution in [2.45, 2.75) is 6.92 Å². The van der Waals surface area contributed by atoms with Crippen LogP contribution in [-0.4, -0.2) is 22.0 Å². The van der Waals surface area contributed by atoms with Crippen LogP contribution in [-0.2, 0) is 0 Å². The fourth-order valence-electron chi connectivity index (χ4n) is 2.10. The number of benzene rings is 1. The standard InChI is InChI=1S/C14H14N4/c1-9-7-13(18-14(15-2)17-9)11-8-16-12-6-4-3-5-10(11)12/h3-8,16H,1-2H3,(H,15,17,18). The molecule has 0 spiro atoms. The predicted molar refractivity (Wildman–Crippen MR) is 73.6 cm³/mol. The lowest BCUT2D eigenvalue weighted by atomic mass is 10.1. The van der Waals surface area contributed by atoms with E-state index in [-0.39, 0.29) is 0 Å². The zero-order chi connectivity index (χ0) is 12.5. The van der Waals surface area contributed by atoms with Crippen molar-refractivity contribution in [1.82, 2.24) is 15.0 Å². The number of aryl methyl sites for hydroxylation is 1. The van der Waals surface area contributed by atoms with Crippen molar-refractivity contribution >= 4 is 16.9 Å². The molecule has 90 valence electrons. The van der Waals surface area contributed by atoms with Crippen molar-refractivity contribution in [3.05, 3.63) is 42.2 Å². The molecule has 0 unspecified atom stereocenters. The molecule has 1 aromatic carbocycles. The zero-order valence-electron chi connectivity index (χ0n) is 10.4. The van der Waals surface area contributed by atoms with Gasteiger partial charge in [-0.3, -0.25) is 0 Å². The Morgan fingerprint density at radius 3 is 2.83 bits per heavy atom. The van der Waals surface area contributed by atoms with Gasteiger partial charge in [0.25, 0.3) is 0 Å². The van der Waals surface area contributed by atoms with E-state index >= 15 is 0 Å². The van der Waals surface area contributed by atoms with Crippen LogP contribution in [0.15, 0.2) is 36.5 Å². The number of aromatic amines is 1. The minimum Gasteiger partial charge on any atom is -0.360 e. The van der Waals surface area contributed by atoms with Gasteiger partial charge in [-0.25, -0.2) is 9.97 Å². The number of rotatable bonds is 2. The van der Waals surface area contributed by atoms with Crippen LogP contribution in [0.3, 0.4) is 0 Å². The summed E-state index contributed by atoms with van der Waals surface area (Å²) in [6.45, 7) is 1.97. The molecule has 0 radical (unpaired) electrons. The third-order valence-corrected chi connectivity index (χ3v) is 2.94. The van der Waals surface area contributed by atoms with Crippen molar-refractivity contribution in [2.24, 2.45) is 0 Å². The van der Waals surface area contributed by atoms with E-state index in [0.29, 0.717) is 5.95 Å². The number of H-pyrrole nitrogens is 1. The molecule has 0 aliphatic heterocycles. The first-order chi connectivity index (χ1) is 8.78. The largest absolute Gasteiger partial charge is 0.360 e. The lowest BCUT2D eigenvalue weighted by Gasteiger charge is -2.04. The average molecular weight is 238 g/mol. The summed E-state index contributed by atoms with van der Waals surface area (Å²) in [6, 6.07) is 10.2. The molecule has 18 heavy (non-hydrogen) atoms. The van der Waals surface area contributed by atoms with Crippen LogP contribution in [0.5, 0.6) is 0 Å².